The van der Waals surface area contributed by atoms with Gasteiger partial charge in [-0.2, -0.15) is 0 Å². The highest BCUT2D eigenvalue weighted by molar-refractivity contribution is 8.03. The third-order valence-electron chi connectivity index (χ3n) is 7.38. The molecule has 2 amide bonds. The summed E-state index contributed by atoms with van der Waals surface area (Å²) in [5.41, 5.74) is 1.28. The largest absolute Gasteiger partial charge is 0.477 e. The second kappa shape index (κ2) is 10.3. The molecule has 1 unspecified atom stereocenters. The Bertz CT molecular complexity index is 1030. The molecule has 0 aromatic carbocycles. The van der Waals surface area contributed by atoms with Gasteiger partial charge in [-0.05, 0) is 31.7 Å². The van der Waals surface area contributed by atoms with Crippen molar-refractivity contribution in [1.82, 2.24) is 15.1 Å². The number of amides is 2. The maximum Gasteiger partial charge on any atom is 0.353 e. The summed E-state index contributed by atoms with van der Waals surface area (Å²) in [5.74, 6) is -2.13. The van der Waals surface area contributed by atoms with E-state index < -0.39 is 18.0 Å². The average molecular weight is 504 g/mol. The summed E-state index contributed by atoms with van der Waals surface area (Å²) in [5, 5.41) is 23.2. The lowest BCUT2D eigenvalue weighted by molar-refractivity contribution is -0.671. The Morgan fingerprint density at radius 3 is 2.66 bits per heavy atom. The van der Waals surface area contributed by atoms with Gasteiger partial charge in [-0.1, -0.05) is 6.92 Å². The Morgan fingerprint density at radius 1 is 1.34 bits per heavy atom. The molecule has 2 saturated heterocycles. The topological polar surface area (TPSA) is 114 Å². The molecule has 6 atom stereocenters. The van der Waals surface area contributed by atoms with Gasteiger partial charge >= 0.3 is 5.97 Å². The molecular formula is C25H35N4O5S+. The van der Waals surface area contributed by atoms with Crippen molar-refractivity contribution in [1.29, 1.82) is 0 Å². The molecule has 10 heteroatoms. The third-order valence-corrected chi connectivity index (χ3v) is 8.89. The van der Waals surface area contributed by atoms with Gasteiger partial charge in [0, 0.05) is 48.3 Å². The Kier molecular flexibility index (Phi) is 7.54. The zero-order chi connectivity index (χ0) is 25.4. The summed E-state index contributed by atoms with van der Waals surface area (Å²) in [7, 11) is 3.81. The van der Waals surface area contributed by atoms with Crippen LogP contribution in [0.1, 0.15) is 32.3 Å². The van der Waals surface area contributed by atoms with Crippen molar-refractivity contribution in [2.75, 3.05) is 20.1 Å². The number of aromatic nitrogens is 1. The van der Waals surface area contributed by atoms with E-state index in [0.717, 1.165) is 12.8 Å². The van der Waals surface area contributed by atoms with E-state index in [4.69, 9.17) is 0 Å². The van der Waals surface area contributed by atoms with Gasteiger partial charge in [0.1, 0.15) is 12.7 Å². The number of aryl methyl sites for hydroxylation is 2. The fraction of sp³-hybridized carbons (Fsp3) is 0.600. The van der Waals surface area contributed by atoms with Crippen LogP contribution in [0.25, 0.3) is 0 Å². The van der Waals surface area contributed by atoms with Crippen LogP contribution in [0.4, 0.5) is 0 Å². The third kappa shape index (κ3) is 4.96. The van der Waals surface area contributed by atoms with Gasteiger partial charge in [0.25, 0.3) is 0 Å². The van der Waals surface area contributed by atoms with Gasteiger partial charge in [-0.3, -0.25) is 9.59 Å². The predicted octanol–water partition coefficient (Wildman–Crippen LogP) is 0.520. The smallest absolute Gasteiger partial charge is 0.353 e. The van der Waals surface area contributed by atoms with Crippen molar-refractivity contribution in [3.63, 3.8) is 0 Å². The molecule has 190 valence electrons. The van der Waals surface area contributed by atoms with E-state index in [1.165, 1.54) is 22.2 Å². The van der Waals surface area contributed by atoms with Crippen molar-refractivity contribution in [2.45, 2.75) is 56.5 Å². The molecule has 0 saturated carbocycles. The molecule has 3 aliphatic heterocycles. The number of nitrogens with one attached hydrogen (secondary N) is 1. The van der Waals surface area contributed by atoms with E-state index in [9.17, 15) is 24.6 Å². The van der Waals surface area contributed by atoms with E-state index in [0.29, 0.717) is 24.4 Å². The van der Waals surface area contributed by atoms with Crippen LogP contribution in [0.5, 0.6) is 0 Å². The number of aliphatic hydroxyl groups excluding tert-OH is 1. The first-order valence-corrected chi connectivity index (χ1v) is 13.1. The minimum atomic E-state index is -1.12. The van der Waals surface area contributed by atoms with E-state index >= 15 is 0 Å². The summed E-state index contributed by atoms with van der Waals surface area (Å²) >= 11 is 1.46. The van der Waals surface area contributed by atoms with Crippen molar-refractivity contribution in [2.24, 2.45) is 18.9 Å². The number of carbonyl (C=O) groups is 3. The highest BCUT2D eigenvalue weighted by atomic mass is 32.2. The summed E-state index contributed by atoms with van der Waals surface area (Å²) in [6.07, 6.45) is 5.60. The first kappa shape index (κ1) is 25.7. The molecule has 0 bridgehead atoms. The molecule has 35 heavy (non-hydrogen) atoms. The van der Waals surface area contributed by atoms with E-state index in [-0.39, 0.29) is 40.8 Å². The molecule has 3 aliphatic rings. The quantitative estimate of drug-likeness (QED) is 0.333. The highest BCUT2D eigenvalue weighted by Gasteiger charge is 2.60. The van der Waals surface area contributed by atoms with Gasteiger partial charge in [0.05, 0.1) is 24.1 Å². The van der Waals surface area contributed by atoms with Gasteiger partial charge in [-0.15, -0.1) is 11.8 Å². The van der Waals surface area contributed by atoms with Crippen LogP contribution in [0.3, 0.4) is 0 Å². The van der Waals surface area contributed by atoms with Crippen LogP contribution in [-0.4, -0.2) is 81.4 Å². The van der Waals surface area contributed by atoms with Gasteiger partial charge < -0.3 is 25.3 Å². The molecule has 0 spiro atoms. The maximum atomic E-state index is 13.0. The summed E-state index contributed by atoms with van der Waals surface area (Å²) in [6, 6.07) is 3.56. The molecule has 3 N–H and O–H groups in total. The van der Waals surface area contributed by atoms with Crippen molar-refractivity contribution >= 4 is 29.5 Å². The number of fused-ring (bicyclic) bond motifs is 1. The number of rotatable bonds is 9. The number of hydrogen-bond donors (Lipinski definition) is 3. The molecule has 1 aromatic rings. The fourth-order valence-electron chi connectivity index (χ4n) is 5.43. The molecule has 1 aromatic heterocycles. The number of nitrogens with zero attached hydrogens (tertiary/aromatic N) is 3. The Hall–Kier alpha value is -2.43. The van der Waals surface area contributed by atoms with Crippen molar-refractivity contribution in [3.8, 4) is 0 Å². The summed E-state index contributed by atoms with van der Waals surface area (Å²) < 4.78 is 1.99. The standard InChI is InChI=1S/C25H34N4O5S/c1-14-20-19(15(2)30)24(32)29(20)21(25(33)34)22(14)35-17-12-18(26-13-17)23(31)28(4)9-5-6-16-7-10-27(3)11-8-16/h7-8,10-11,14-15,17-20,26,30H,5-6,9,12-13H2,1-4H3/p+1/t14-,15?,17+,18+,19-,20-/m1/s1. The number of thioether (sulfide) groups is 1. The number of hydrogen-bond acceptors (Lipinski definition) is 6. The van der Waals surface area contributed by atoms with E-state index in [1.54, 1.807) is 11.8 Å². The van der Waals surface area contributed by atoms with Gasteiger partial charge in [0.15, 0.2) is 12.4 Å². The lowest BCUT2D eigenvalue weighted by Gasteiger charge is -2.46. The molecule has 0 aliphatic carbocycles. The fourth-order valence-corrected chi connectivity index (χ4v) is 6.91. The Morgan fingerprint density at radius 2 is 2.03 bits per heavy atom. The van der Waals surface area contributed by atoms with Crippen LogP contribution in [0, 0.1) is 11.8 Å². The van der Waals surface area contributed by atoms with Crippen LogP contribution in [-0.2, 0) is 27.9 Å². The summed E-state index contributed by atoms with van der Waals surface area (Å²) in [6.45, 7) is 4.76. The predicted molar refractivity (Wildman–Crippen MR) is 131 cm³/mol. The molecular weight excluding hydrogens is 468 g/mol. The number of aliphatic hydroxyl groups is 1. The number of carboxylic acids is 1. The van der Waals surface area contributed by atoms with Gasteiger partial charge in [0.2, 0.25) is 11.8 Å². The molecule has 4 rings (SSSR count). The van der Waals surface area contributed by atoms with Crippen LogP contribution >= 0.6 is 11.8 Å². The second-order valence-corrected chi connectivity index (χ2v) is 11.3. The van der Waals surface area contributed by atoms with Gasteiger partial charge in [-0.25, -0.2) is 9.36 Å². The first-order chi connectivity index (χ1) is 16.6. The zero-order valence-corrected chi connectivity index (χ0v) is 21.5. The molecule has 2 fully saturated rings. The number of aliphatic carboxylic acids is 1. The monoisotopic (exact) mass is 503 g/mol. The minimum absolute atomic E-state index is 0.0352. The van der Waals surface area contributed by atoms with Crippen LogP contribution < -0.4 is 9.88 Å². The number of pyridine rings is 1. The Labute approximate surface area is 210 Å². The molecule has 0 radical (unpaired) electrons. The SMILES string of the molecule is CC(O)[C@H]1C(=O)N2C(C(=O)O)=C(S[C@@H]3CN[C@H](C(=O)N(C)CCCc4cc[n+](C)cc4)C3)[C@H](C)[C@H]12. The minimum Gasteiger partial charge on any atom is -0.477 e. The number of carbonyl (C=O) groups excluding carboxylic acids is 2. The van der Waals surface area contributed by atoms with Crippen LogP contribution in [0.2, 0.25) is 0 Å². The number of likely N-dealkylation sites (N-methyl/N-ethyl adjacent to an activating group) is 1. The molecule has 4 heterocycles. The highest BCUT2D eigenvalue weighted by Crippen LogP contribution is 2.51. The lowest BCUT2D eigenvalue weighted by atomic mass is 9.79. The number of carboxylic acid groups (broad SMARTS) is 1. The van der Waals surface area contributed by atoms with Crippen molar-refractivity contribution < 1.29 is 29.2 Å². The Balaban J connectivity index is 1.32. The second-order valence-electron chi connectivity index (χ2n) is 9.94. The maximum absolute atomic E-state index is 13.0. The number of β-lactam (4-membered cyclic amide) rings is 1. The van der Waals surface area contributed by atoms with Crippen LogP contribution in [0.15, 0.2) is 35.1 Å². The average Bonchev–Trinajstić information content (AvgIpc) is 3.36. The first-order valence-electron chi connectivity index (χ1n) is 12.2. The lowest BCUT2D eigenvalue weighted by Crippen LogP contribution is -2.63. The zero-order valence-electron chi connectivity index (χ0n) is 20.7. The molecule has 9 nitrogen and oxygen atoms in total. The normalized spacial score (nSPS) is 28.7. The summed E-state index contributed by atoms with van der Waals surface area (Å²) in [4.78, 5) is 41.3. The van der Waals surface area contributed by atoms with E-state index in [1.807, 2.05) is 38.0 Å². The van der Waals surface area contributed by atoms with Crippen molar-refractivity contribution in [3.05, 3.63) is 40.7 Å². The van der Waals surface area contributed by atoms with E-state index in [2.05, 4.69) is 17.4 Å².